The third-order valence-electron chi connectivity index (χ3n) is 2.15. The summed E-state index contributed by atoms with van der Waals surface area (Å²) in [6.07, 6.45) is -4.47. The molecule has 0 saturated carbocycles. The van der Waals surface area contributed by atoms with Gasteiger partial charge in [-0.15, -0.1) is 5.10 Å². The van der Waals surface area contributed by atoms with Crippen LogP contribution in [0.3, 0.4) is 0 Å². The van der Waals surface area contributed by atoms with Gasteiger partial charge >= 0.3 is 6.18 Å². The first-order valence-corrected chi connectivity index (χ1v) is 4.75. The highest BCUT2D eigenvalue weighted by molar-refractivity contribution is 5.35. The number of pyridine rings is 1. The lowest BCUT2D eigenvalue weighted by Crippen LogP contribution is -2.11. The van der Waals surface area contributed by atoms with Gasteiger partial charge in [0, 0.05) is 11.8 Å². The van der Waals surface area contributed by atoms with Gasteiger partial charge in [-0.25, -0.2) is 9.67 Å². The second-order valence-corrected chi connectivity index (χ2v) is 3.50. The Hall–Kier alpha value is -2.05. The van der Waals surface area contributed by atoms with Gasteiger partial charge in [-0.1, -0.05) is 6.07 Å². The van der Waals surface area contributed by atoms with Crippen LogP contribution in [0.25, 0.3) is 5.82 Å². The maximum absolute atomic E-state index is 12.5. The van der Waals surface area contributed by atoms with Crippen molar-refractivity contribution in [2.24, 2.45) is 0 Å². The molecule has 7 heteroatoms. The van der Waals surface area contributed by atoms with Crippen molar-refractivity contribution in [2.75, 3.05) is 5.73 Å². The van der Waals surface area contributed by atoms with E-state index in [1.54, 1.807) is 13.0 Å². The first-order valence-electron chi connectivity index (χ1n) is 4.75. The molecule has 90 valence electrons. The molecule has 0 spiro atoms. The molecule has 2 rings (SSSR count). The Labute approximate surface area is 94.9 Å². The van der Waals surface area contributed by atoms with Crippen LogP contribution >= 0.6 is 0 Å². The molecule has 0 fully saturated rings. The molecule has 0 bridgehead atoms. The van der Waals surface area contributed by atoms with Gasteiger partial charge in [-0.2, -0.15) is 13.2 Å². The van der Waals surface area contributed by atoms with Crippen LogP contribution in [-0.4, -0.2) is 14.8 Å². The van der Waals surface area contributed by atoms with Crippen molar-refractivity contribution in [1.29, 1.82) is 0 Å². The van der Waals surface area contributed by atoms with Crippen LogP contribution in [0.5, 0.6) is 0 Å². The second kappa shape index (κ2) is 3.76. The summed E-state index contributed by atoms with van der Waals surface area (Å²) < 4.78 is 38.7. The number of anilines is 1. The number of nitrogen functional groups attached to an aromatic ring is 1. The van der Waals surface area contributed by atoms with E-state index in [1.165, 1.54) is 16.8 Å². The van der Waals surface area contributed by atoms with E-state index in [0.717, 1.165) is 6.07 Å². The smallest absolute Gasteiger partial charge is 0.382 e. The Kier molecular flexibility index (Phi) is 2.53. The van der Waals surface area contributed by atoms with Crippen LogP contribution in [0, 0.1) is 6.92 Å². The summed E-state index contributed by atoms with van der Waals surface area (Å²) >= 11 is 0. The van der Waals surface area contributed by atoms with E-state index in [9.17, 15) is 13.2 Å². The Morgan fingerprint density at radius 1 is 1.29 bits per heavy atom. The highest BCUT2D eigenvalue weighted by Gasteiger charge is 2.32. The largest absolute Gasteiger partial charge is 0.433 e. The van der Waals surface area contributed by atoms with Gasteiger partial charge in [0.1, 0.15) is 11.5 Å². The minimum absolute atomic E-state index is 0.0917. The number of aromatic nitrogens is 3. The molecule has 0 saturated heterocycles. The fourth-order valence-corrected chi connectivity index (χ4v) is 1.43. The van der Waals surface area contributed by atoms with E-state index < -0.39 is 11.9 Å². The fourth-order valence-electron chi connectivity index (χ4n) is 1.43. The quantitative estimate of drug-likeness (QED) is 0.833. The van der Waals surface area contributed by atoms with Crippen molar-refractivity contribution < 1.29 is 13.2 Å². The van der Waals surface area contributed by atoms with Crippen molar-refractivity contribution in [3.63, 3.8) is 0 Å². The Bertz CT molecular complexity index is 545. The zero-order chi connectivity index (χ0) is 12.6. The average Bonchev–Trinajstić information content (AvgIpc) is 2.57. The molecule has 0 aliphatic carbocycles. The molecule has 0 amide bonds. The number of nitrogens with zero attached hydrogens (tertiary/aromatic N) is 3. The summed E-state index contributed by atoms with van der Waals surface area (Å²) in [5.74, 6) is 0.329. The predicted octanol–water partition coefficient (Wildman–Crippen LogP) is 2.18. The molecule has 2 N–H and O–H groups in total. The molecule has 0 aliphatic rings. The highest BCUT2D eigenvalue weighted by Crippen LogP contribution is 2.28. The molecule has 2 heterocycles. The Morgan fingerprint density at radius 2 is 2.00 bits per heavy atom. The molecular weight excluding hydrogens is 233 g/mol. The van der Waals surface area contributed by atoms with E-state index >= 15 is 0 Å². The summed E-state index contributed by atoms with van der Waals surface area (Å²) in [6.45, 7) is 1.69. The van der Waals surface area contributed by atoms with Gasteiger partial charge in [-0.3, -0.25) is 0 Å². The average molecular weight is 242 g/mol. The molecule has 0 atom stereocenters. The summed E-state index contributed by atoms with van der Waals surface area (Å²) in [4.78, 5) is 3.51. The summed E-state index contributed by atoms with van der Waals surface area (Å²) in [7, 11) is 0. The van der Waals surface area contributed by atoms with E-state index in [2.05, 4.69) is 10.1 Å². The van der Waals surface area contributed by atoms with E-state index in [1.807, 2.05) is 0 Å². The van der Waals surface area contributed by atoms with E-state index in [0.29, 0.717) is 5.69 Å². The van der Waals surface area contributed by atoms with Crippen LogP contribution in [0.1, 0.15) is 11.4 Å². The summed E-state index contributed by atoms with van der Waals surface area (Å²) in [6, 6.07) is 5.19. The molecule has 0 aliphatic heterocycles. The van der Waals surface area contributed by atoms with Crippen molar-refractivity contribution in [3.05, 3.63) is 35.7 Å². The zero-order valence-electron chi connectivity index (χ0n) is 8.86. The zero-order valence-corrected chi connectivity index (χ0v) is 8.86. The Morgan fingerprint density at radius 3 is 2.53 bits per heavy atom. The minimum atomic E-state index is -4.47. The molecular formula is C10H9F3N4. The highest BCUT2D eigenvalue weighted by atomic mass is 19.4. The van der Waals surface area contributed by atoms with Gasteiger partial charge in [0.05, 0.1) is 0 Å². The van der Waals surface area contributed by atoms with Gasteiger partial charge in [0.15, 0.2) is 5.82 Å². The maximum Gasteiger partial charge on any atom is 0.433 e. The van der Waals surface area contributed by atoms with Crippen LogP contribution in [0.2, 0.25) is 0 Å². The monoisotopic (exact) mass is 242 g/mol. The van der Waals surface area contributed by atoms with Crippen LogP contribution in [0.15, 0.2) is 24.3 Å². The molecule has 17 heavy (non-hydrogen) atoms. The van der Waals surface area contributed by atoms with E-state index in [-0.39, 0.29) is 11.6 Å². The normalized spacial score (nSPS) is 11.8. The van der Waals surface area contributed by atoms with Crippen molar-refractivity contribution >= 4 is 5.82 Å². The molecule has 4 nitrogen and oxygen atoms in total. The molecule has 2 aromatic heterocycles. The third kappa shape index (κ3) is 2.22. The van der Waals surface area contributed by atoms with Crippen molar-refractivity contribution in [2.45, 2.75) is 13.1 Å². The van der Waals surface area contributed by atoms with Gasteiger partial charge in [-0.05, 0) is 19.1 Å². The summed E-state index contributed by atoms with van der Waals surface area (Å²) in [5, 5.41) is 3.87. The second-order valence-electron chi connectivity index (χ2n) is 3.50. The number of aryl methyl sites for hydroxylation is 1. The van der Waals surface area contributed by atoms with Gasteiger partial charge < -0.3 is 5.73 Å². The molecule has 0 unspecified atom stereocenters. The first kappa shape index (κ1) is 11.4. The van der Waals surface area contributed by atoms with Crippen molar-refractivity contribution in [3.8, 4) is 5.82 Å². The lowest BCUT2D eigenvalue weighted by Gasteiger charge is -2.08. The lowest BCUT2D eigenvalue weighted by atomic mass is 10.3. The standard InChI is InChI=1S/C10H9F3N4/c1-6-5-8(14)16-17(6)9-4-2-3-7(15-9)10(11,12)13/h2-5H,1H3,(H2,14,16). The van der Waals surface area contributed by atoms with E-state index in [4.69, 9.17) is 5.73 Å². The maximum atomic E-state index is 12.5. The molecule has 2 aromatic rings. The van der Waals surface area contributed by atoms with Gasteiger partial charge in [0.2, 0.25) is 0 Å². The SMILES string of the molecule is Cc1cc(N)nn1-c1cccc(C(F)(F)F)n1. The number of rotatable bonds is 1. The van der Waals surface area contributed by atoms with Crippen LogP contribution in [-0.2, 0) is 6.18 Å². The Balaban J connectivity index is 2.50. The van der Waals surface area contributed by atoms with Crippen LogP contribution < -0.4 is 5.73 Å². The van der Waals surface area contributed by atoms with Crippen molar-refractivity contribution in [1.82, 2.24) is 14.8 Å². The molecule has 0 aromatic carbocycles. The predicted molar refractivity (Wildman–Crippen MR) is 55.5 cm³/mol. The number of nitrogens with two attached hydrogens (primary N) is 1. The third-order valence-corrected chi connectivity index (χ3v) is 2.15. The first-order chi connectivity index (χ1) is 7.88. The lowest BCUT2D eigenvalue weighted by molar-refractivity contribution is -0.141. The molecule has 0 radical (unpaired) electrons. The number of hydrogen-bond acceptors (Lipinski definition) is 3. The minimum Gasteiger partial charge on any atom is -0.382 e. The van der Waals surface area contributed by atoms with Gasteiger partial charge in [0.25, 0.3) is 0 Å². The summed E-state index contributed by atoms with van der Waals surface area (Å²) in [5.41, 5.74) is 5.12. The number of halogens is 3. The fraction of sp³-hybridized carbons (Fsp3) is 0.200. The van der Waals surface area contributed by atoms with Crippen LogP contribution in [0.4, 0.5) is 19.0 Å². The number of alkyl halides is 3. The number of hydrogen-bond donors (Lipinski definition) is 1. The topological polar surface area (TPSA) is 56.7 Å².